The van der Waals surface area contributed by atoms with Gasteiger partial charge in [0.25, 0.3) is 5.91 Å². The van der Waals surface area contributed by atoms with Crippen LogP contribution in [0.1, 0.15) is 37.2 Å². The molecule has 3 N–H and O–H groups in total. The number of furan rings is 1. The zero-order chi connectivity index (χ0) is 33.1. The number of alkyl carbamates (subject to hydrolysis) is 1. The molecule has 3 aromatic rings. The molecule has 12 nitrogen and oxygen atoms in total. The second kappa shape index (κ2) is 14.0. The molecule has 2 aromatic carbocycles. The highest BCUT2D eigenvalue weighted by Crippen LogP contribution is 2.36. The van der Waals surface area contributed by atoms with Crippen molar-refractivity contribution in [3.8, 4) is 0 Å². The first kappa shape index (κ1) is 32.9. The molecule has 47 heavy (non-hydrogen) atoms. The van der Waals surface area contributed by atoms with Crippen molar-refractivity contribution in [2.75, 3.05) is 31.6 Å². The maximum absolute atomic E-state index is 14.2. The van der Waals surface area contributed by atoms with Crippen LogP contribution in [-0.4, -0.2) is 80.7 Å². The van der Waals surface area contributed by atoms with Crippen molar-refractivity contribution in [2.45, 2.75) is 56.1 Å². The molecule has 0 aliphatic carbocycles. The Balaban J connectivity index is 1.23. The fourth-order valence-electron chi connectivity index (χ4n) is 6.17. The maximum Gasteiger partial charge on any atom is 0.407 e. The SMILES string of the molecule is CC(C)CN(CC(O)C(Cc1ccccc1)NC(=O)OC1COC2OCCC12)S(=O)(=O)c1ccc2c(c1)C(=Cc1ccco1)C(=O)N2. The Kier molecular flexibility index (Phi) is 9.80. The number of amides is 2. The highest BCUT2D eigenvalue weighted by molar-refractivity contribution is 7.89. The van der Waals surface area contributed by atoms with Gasteiger partial charge in [0.15, 0.2) is 6.29 Å². The van der Waals surface area contributed by atoms with Crippen LogP contribution in [0.15, 0.2) is 76.2 Å². The van der Waals surface area contributed by atoms with E-state index in [9.17, 15) is 23.1 Å². The minimum atomic E-state index is -4.17. The molecule has 2 saturated heterocycles. The minimum absolute atomic E-state index is 0.0347. The first-order valence-corrected chi connectivity index (χ1v) is 17.2. The number of hydrogen-bond acceptors (Lipinski definition) is 9. The fraction of sp³-hybridized carbons (Fsp3) is 0.412. The molecule has 2 fully saturated rings. The van der Waals surface area contributed by atoms with Crippen molar-refractivity contribution in [3.63, 3.8) is 0 Å². The zero-order valence-electron chi connectivity index (χ0n) is 26.2. The number of ether oxygens (including phenoxy) is 3. The summed E-state index contributed by atoms with van der Waals surface area (Å²) in [6.45, 7) is 4.32. The molecule has 5 unspecified atom stereocenters. The van der Waals surface area contributed by atoms with E-state index in [-0.39, 0.29) is 54.3 Å². The van der Waals surface area contributed by atoms with Gasteiger partial charge in [-0.25, -0.2) is 13.2 Å². The Labute approximate surface area is 273 Å². The number of fused-ring (bicyclic) bond motifs is 2. The average Bonchev–Trinajstić information content (AvgIpc) is 3.84. The molecule has 3 aliphatic rings. The molecular weight excluding hydrogens is 626 g/mol. The Hall–Kier alpha value is -4.01. The molecule has 0 saturated carbocycles. The van der Waals surface area contributed by atoms with Gasteiger partial charge >= 0.3 is 6.09 Å². The third kappa shape index (κ3) is 7.44. The Morgan fingerprint density at radius 3 is 2.68 bits per heavy atom. The number of aliphatic hydroxyl groups is 1. The molecule has 3 aliphatic heterocycles. The number of rotatable bonds is 12. The van der Waals surface area contributed by atoms with Crippen LogP contribution in [-0.2, 0) is 35.4 Å². The Morgan fingerprint density at radius 1 is 1.13 bits per heavy atom. The lowest BCUT2D eigenvalue weighted by Gasteiger charge is -2.31. The number of carbonyl (C=O) groups is 2. The lowest BCUT2D eigenvalue weighted by molar-refractivity contribution is -0.110. The molecule has 13 heteroatoms. The van der Waals surface area contributed by atoms with Crippen LogP contribution in [0.5, 0.6) is 0 Å². The van der Waals surface area contributed by atoms with Crippen LogP contribution in [0.25, 0.3) is 11.6 Å². The van der Waals surface area contributed by atoms with E-state index in [0.717, 1.165) is 5.56 Å². The van der Waals surface area contributed by atoms with Crippen LogP contribution in [0.3, 0.4) is 0 Å². The summed E-state index contributed by atoms with van der Waals surface area (Å²) in [5.74, 6) is -0.0638. The number of anilines is 1. The van der Waals surface area contributed by atoms with E-state index >= 15 is 0 Å². The highest BCUT2D eigenvalue weighted by Gasteiger charge is 2.44. The molecule has 2 amide bonds. The van der Waals surface area contributed by atoms with E-state index in [2.05, 4.69) is 10.6 Å². The lowest BCUT2D eigenvalue weighted by atomic mass is 10.0. The molecule has 6 rings (SSSR count). The highest BCUT2D eigenvalue weighted by atomic mass is 32.2. The molecule has 5 atom stereocenters. The second-order valence-electron chi connectivity index (χ2n) is 12.4. The van der Waals surface area contributed by atoms with E-state index in [1.165, 1.54) is 22.7 Å². The number of aliphatic hydroxyl groups excluding tert-OH is 1. The van der Waals surface area contributed by atoms with E-state index in [1.807, 2.05) is 44.2 Å². The van der Waals surface area contributed by atoms with Gasteiger partial charge in [-0.05, 0) is 60.7 Å². The first-order chi connectivity index (χ1) is 22.6. The number of nitrogens with zero attached hydrogens (tertiary/aromatic N) is 1. The van der Waals surface area contributed by atoms with Gasteiger partial charge in [-0.2, -0.15) is 4.31 Å². The van der Waals surface area contributed by atoms with Crippen LogP contribution < -0.4 is 10.6 Å². The molecule has 0 bridgehead atoms. The molecular formula is C34H39N3O9S. The summed E-state index contributed by atoms with van der Waals surface area (Å²) in [7, 11) is -4.17. The quantitative estimate of drug-likeness (QED) is 0.244. The Morgan fingerprint density at radius 2 is 1.94 bits per heavy atom. The standard InChI is InChI=1S/C34H39N3O9S/c1-21(2)18-37(47(41,42)24-10-11-28-26(17-24)27(32(39)35-28)16-23-9-6-13-43-23)19-30(38)29(15-22-7-4-3-5-8-22)36-34(40)46-31-20-45-33-25(31)12-14-44-33/h3-11,13,16-17,21,25,29-31,33,38H,12,14-15,18-20H2,1-2H3,(H,35,39)(H,36,40). The second-order valence-corrected chi connectivity index (χ2v) is 14.4. The summed E-state index contributed by atoms with van der Waals surface area (Å²) < 4.78 is 51.8. The van der Waals surface area contributed by atoms with Crippen LogP contribution >= 0.6 is 0 Å². The van der Waals surface area contributed by atoms with Gasteiger partial charge in [-0.3, -0.25) is 4.79 Å². The number of sulfonamides is 1. The third-order valence-corrected chi connectivity index (χ3v) is 10.3. The summed E-state index contributed by atoms with van der Waals surface area (Å²) in [4.78, 5) is 25.8. The van der Waals surface area contributed by atoms with E-state index < -0.39 is 40.7 Å². The summed E-state index contributed by atoms with van der Waals surface area (Å²) in [6, 6.07) is 16.3. The summed E-state index contributed by atoms with van der Waals surface area (Å²) >= 11 is 0. The smallest absolute Gasteiger partial charge is 0.407 e. The van der Waals surface area contributed by atoms with Crippen molar-refractivity contribution in [3.05, 3.63) is 83.8 Å². The molecule has 4 heterocycles. The monoisotopic (exact) mass is 665 g/mol. The van der Waals surface area contributed by atoms with Crippen molar-refractivity contribution in [1.82, 2.24) is 9.62 Å². The van der Waals surface area contributed by atoms with Gasteiger partial charge in [0, 0.05) is 24.3 Å². The van der Waals surface area contributed by atoms with Crippen molar-refractivity contribution in [1.29, 1.82) is 0 Å². The molecule has 250 valence electrons. The van der Waals surface area contributed by atoms with Gasteiger partial charge in [-0.1, -0.05) is 44.2 Å². The zero-order valence-corrected chi connectivity index (χ0v) is 27.0. The van der Waals surface area contributed by atoms with E-state index in [0.29, 0.717) is 30.0 Å². The van der Waals surface area contributed by atoms with Crippen molar-refractivity contribution >= 4 is 39.4 Å². The summed E-state index contributed by atoms with van der Waals surface area (Å²) in [5, 5.41) is 17.2. The number of hydrogen-bond donors (Lipinski definition) is 3. The predicted molar refractivity (Wildman–Crippen MR) is 172 cm³/mol. The molecule has 0 spiro atoms. The van der Waals surface area contributed by atoms with Crippen LogP contribution in [0, 0.1) is 11.8 Å². The summed E-state index contributed by atoms with van der Waals surface area (Å²) in [5.41, 5.74) is 2.03. The number of carbonyl (C=O) groups excluding carboxylic acids is 2. The Bertz CT molecular complexity index is 1710. The largest absolute Gasteiger partial charge is 0.465 e. The maximum atomic E-state index is 14.2. The number of nitrogens with one attached hydrogen (secondary N) is 2. The third-order valence-electron chi connectivity index (χ3n) is 8.51. The average molecular weight is 666 g/mol. The van der Waals surface area contributed by atoms with Crippen molar-refractivity contribution in [2.24, 2.45) is 11.8 Å². The molecule has 0 radical (unpaired) electrons. The van der Waals surface area contributed by atoms with Crippen LogP contribution in [0.2, 0.25) is 0 Å². The summed E-state index contributed by atoms with van der Waals surface area (Å²) in [6.07, 6.45) is 1.09. The van der Waals surface area contributed by atoms with E-state index in [1.54, 1.807) is 24.3 Å². The van der Waals surface area contributed by atoms with Gasteiger partial charge in [0.05, 0.1) is 48.0 Å². The predicted octanol–water partition coefficient (Wildman–Crippen LogP) is 3.88. The van der Waals surface area contributed by atoms with Crippen LogP contribution in [0.4, 0.5) is 10.5 Å². The van der Waals surface area contributed by atoms with Gasteiger partial charge < -0.3 is 34.4 Å². The first-order valence-electron chi connectivity index (χ1n) is 15.7. The van der Waals surface area contributed by atoms with Gasteiger partial charge in [-0.15, -0.1) is 0 Å². The normalized spacial score (nSPS) is 22.7. The molecule has 1 aromatic heterocycles. The van der Waals surface area contributed by atoms with Crippen molar-refractivity contribution < 1.29 is 41.7 Å². The van der Waals surface area contributed by atoms with E-state index in [4.69, 9.17) is 18.6 Å². The number of benzene rings is 2. The fourth-order valence-corrected chi connectivity index (χ4v) is 7.82. The topological polar surface area (TPSA) is 157 Å². The lowest BCUT2D eigenvalue weighted by Crippen LogP contribution is -2.51. The van der Waals surface area contributed by atoms with Gasteiger partial charge in [0.1, 0.15) is 11.9 Å². The van der Waals surface area contributed by atoms with Gasteiger partial charge in [0.2, 0.25) is 10.0 Å². The minimum Gasteiger partial charge on any atom is -0.465 e.